The van der Waals surface area contributed by atoms with Crippen LogP contribution in [0, 0.1) is 5.92 Å². The van der Waals surface area contributed by atoms with Crippen LogP contribution >= 0.6 is 31.9 Å². The topological polar surface area (TPSA) is 30.7 Å². The molecular weight excluding hydrogens is 314 g/mol. The fourth-order valence-electron chi connectivity index (χ4n) is 1.83. The van der Waals surface area contributed by atoms with Crippen molar-refractivity contribution >= 4 is 37.8 Å². The Kier molecular flexibility index (Phi) is 4.87. The molecule has 0 bridgehead atoms. The highest BCUT2D eigenvalue weighted by atomic mass is 79.9. The molecule has 0 radical (unpaired) electrons. The van der Waals surface area contributed by atoms with Gasteiger partial charge in [0.2, 0.25) is 0 Å². The summed E-state index contributed by atoms with van der Waals surface area (Å²) in [6.45, 7) is 4.29. The summed E-state index contributed by atoms with van der Waals surface area (Å²) in [6.07, 6.45) is 1.05. The molecule has 1 aliphatic rings. The highest BCUT2D eigenvalue weighted by Crippen LogP contribution is 2.17. The average molecular weight is 330 g/mol. The molecule has 1 aliphatic heterocycles. The largest absolute Gasteiger partial charge is 0.460 e. The third-order valence-electron chi connectivity index (χ3n) is 2.61. The van der Waals surface area contributed by atoms with Gasteiger partial charge in [-0.2, -0.15) is 0 Å². The molecule has 3 unspecified atom stereocenters. The Morgan fingerprint density at radius 3 is 2.71 bits per heavy atom. The summed E-state index contributed by atoms with van der Waals surface area (Å²) >= 11 is 6.27. The van der Waals surface area contributed by atoms with E-state index in [4.69, 9.17) is 4.74 Å². The lowest BCUT2D eigenvalue weighted by Gasteiger charge is -2.31. The molecule has 0 aromatic heterocycles. The molecule has 0 saturated carbocycles. The Hall–Kier alpha value is 0.390. The molecule has 1 saturated heterocycles. The highest BCUT2D eigenvalue weighted by Gasteiger charge is 2.30. The van der Waals surface area contributed by atoms with Gasteiger partial charge in [-0.1, -0.05) is 38.8 Å². The molecule has 0 aliphatic carbocycles. The predicted molar refractivity (Wildman–Crippen MR) is 61.9 cm³/mol. The summed E-state index contributed by atoms with van der Waals surface area (Å²) < 4.78 is 4.99. The third-order valence-corrected chi connectivity index (χ3v) is 3.35. The van der Waals surface area contributed by atoms with Crippen molar-refractivity contribution in [2.24, 2.45) is 5.92 Å². The van der Waals surface area contributed by atoms with Crippen molar-refractivity contribution in [1.29, 1.82) is 0 Å². The maximum Gasteiger partial charge on any atom is 0.330 e. The summed E-state index contributed by atoms with van der Waals surface area (Å²) in [5.74, 6) is 0.229. The van der Waals surface area contributed by atoms with Crippen LogP contribution in [0.4, 0.5) is 0 Å². The van der Waals surface area contributed by atoms with Crippen LogP contribution in [-0.2, 0) is 9.53 Å². The van der Waals surface area contributed by atoms with E-state index in [-0.39, 0.29) is 15.8 Å². The second kappa shape index (κ2) is 5.47. The zero-order valence-electron chi connectivity index (χ0n) is 8.43. The molecular formula is C9H16Br2NO2+. The van der Waals surface area contributed by atoms with E-state index in [0.717, 1.165) is 19.5 Å². The number of nitrogens with one attached hydrogen (secondary N) is 1. The zero-order valence-corrected chi connectivity index (χ0v) is 11.6. The second-order valence-corrected chi connectivity index (χ2v) is 7.01. The van der Waals surface area contributed by atoms with E-state index in [2.05, 4.69) is 45.8 Å². The van der Waals surface area contributed by atoms with Crippen molar-refractivity contribution in [2.75, 3.05) is 20.1 Å². The van der Waals surface area contributed by atoms with Gasteiger partial charge in [0.1, 0.15) is 6.10 Å². The zero-order chi connectivity index (χ0) is 10.7. The SMILES string of the molecule is CC1C[NH+](C)CCC1OC(=O)C(Br)Br. The Morgan fingerprint density at radius 1 is 1.57 bits per heavy atom. The molecule has 1 fully saturated rings. The molecule has 5 heteroatoms. The lowest BCUT2D eigenvalue weighted by Crippen LogP contribution is -3.11. The summed E-state index contributed by atoms with van der Waals surface area (Å²) in [7, 11) is 2.17. The molecule has 3 atom stereocenters. The fraction of sp³-hybridized carbons (Fsp3) is 0.889. The summed E-state index contributed by atoms with van der Waals surface area (Å²) in [4.78, 5) is 12.8. The van der Waals surface area contributed by atoms with Crippen LogP contribution < -0.4 is 4.90 Å². The van der Waals surface area contributed by atoms with E-state index in [9.17, 15) is 4.79 Å². The van der Waals surface area contributed by atoms with Gasteiger partial charge < -0.3 is 9.64 Å². The highest BCUT2D eigenvalue weighted by molar-refractivity contribution is 9.25. The first-order valence-electron chi connectivity index (χ1n) is 4.80. The van der Waals surface area contributed by atoms with E-state index >= 15 is 0 Å². The molecule has 3 nitrogen and oxygen atoms in total. The molecule has 0 aromatic carbocycles. The van der Waals surface area contributed by atoms with Crippen molar-refractivity contribution in [3.8, 4) is 0 Å². The number of hydrogen-bond acceptors (Lipinski definition) is 2. The first-order chi connectivity index (χ1) is 6.50. The van der Waals surface area contributed by atoms with Gasteiger partial charge in [-0.25, -0.2) is 4.79 Å². The quantitative estimate of drug-likeness (QED) is 0.593. The Morgan fingerprint density at radius 2 is 2.21 bits per heavy atom. The van der Waals surface area contributed by atoms with E-state index in [1.165, 1.54) is 4.90 Å². The number of carbonyl (C=O) groups is 1. The number of ether oxygens (including phenoxy) is 1. The number of quaternary nitrogens is 1. The minimum absolute atomic E-state index is 0.0869. The van der Waals surface area contributed by atoms with E-state index < -0.39 is 0 Å². The predicted octanol–water partition coefficient (Wildman–Crippen LogP) is 0.569. The van der Waals surface area contributed by atoms with Crippen molar-refractivity contribution in [1.82, 2.24) is 0 Å². The number of likely N-dealkylation sites (tertiary alicyclic amines) is 1. The van der Waals surface area contributed by atoms with Crippen LogP contribution in [0.15, 0.2) is 0 Å². The van der Waals surface area contributed by atoms with Gasteiger partial charge in [-0.15, -0.1) is 0 Å². The minimum Gasteiger partial charge on any atom is -0.460 e. The minimum atomic E-state index is -0.380. The van der Waals surface area contributed by atoms with E-state index in [1.54, 1.807) is 0 Å². The van der Waals surface area contributed by atoms with Crippen LogP contribution in [0.2, 0.25) is 0 Å². The lowest BCUT2D eigenvalue weighted by atomic mass is 9.97. The summed E-state index contributed by atoms with van der Waals surface area (Å²) in [5.41, 5.74) is 0. The first kappa shape index (κ1) is 12.5. The van der Waals surface area contributed by atoms with Crippen LogP contribution in [0.3, 0.4) is 0 Å². The van der Waals surface area contributed by atoms with Gasteiger partial charge in [0.15, 0.2) is 3.74 Å². The summed E-state index contributed by atoms with van der Waals surface area (Å²) in [5, 5.41) is 0. The maximum absolute atomic E-state index is 11.3. The monoisotopic (exact) mass is 328 g/mol. The van der Waals surface area contributed by atoms with Crippen LogP contribution in [0.5, 0.6) is 0 Å². The van der Waals surface area contributed by atoms with Gasteiger partial charge in [-0.05, 0) is 0 Å². The molecule has 0 amide bonds. The first-order valence-corrected chi connectivity index (χ1v) is 6.63. The van der Waals surface area contributed by atoms with Crippen molar-refractivity contribution < 1.29 is 14.4 Å². The molecule has 0 spiro atoms. The number of alkyl halides is 2. The average Bonchev–Trinajstić information content (AvgIpc) is 2.09. The van der Waals surface area contributed by atoms with Gasteiger partial charge in [0.05, 0.1) is 20.1 Å². The third kappa shape index (κ3) is 3.51. The van der Waals surface area contributed by atoms with Crippen molar-refractivity contribution in [3.05, 3.63) is 0 Å². The standard InChI is InChI=1S/C9H15Br2NO2/c1-6-5-12(2)4-3-7(6)14-9(13)8(10)11/h6-8H,3-5H2,1-2H3/p+1. The second-order valence-electron chi connectivity index (χ2n) is 3.95. The molecule has 1 heterocycles. The fourth-order valence-corrected chi connectivity index (χ4v) is 2.05. The van der Waals surface area contributed by atoms with Gasteiger partial charge in [0.25, 0.3) is 0 Å². The molecule has 82 valence electrons. The Balaban J connectivity index is 2.41. The van der Waals surface area contributed by atoms with Crippen LogP contribution in [0.25, 0.3) is 0 Å². The van der Waals surface area contributed by atoms with E-state index in [0.29, 0.717) is 5.92 Å². The Labute approximate surface area is 101 Å². The summed E-state index contributed by atoms with van der Waals surface area (Å²) in [6, 6.07) is 0. The van der Waals surface area contributed by atoms with Crippen molar-refractivity contribution in [3.63, 3.8) is 0 Å². The van der Waals surface area contributed by atoms with Crippen molar-refractivity contribution in [2.45, 2.75) is 23.2 Å². The van der Waals surface area contributed by atoms with Crippen LogP contribution in [-0.4, -0.2) is 35.9 Å². The number of rotatable bonds is 2. The lowest BCUT2D eigenvalue weighted by molar-refractivity contribution is -0.889. The molecule has 0 aromatic rings. The normalized spacial score (nSPS) is 33.1. The smallest absolute Gasteiger partial charge is 0.330 e. The number of hydrogen-bond donors (Lipinski definition) is 1. The number of esters is 1. The molecule has 14 heavy (non-hydrogen) atoms. The Bertz CT molecular complexity index is 211. The molecule has 1 N–H and O–H groups in total. The number of halogens is 2. The van der Waals surface area contributed by atoms with E-state index in [1.807, 2.05) is 0 Å². The number of piperidine rings is 1. The number of carbonyl (C=O) groups excluding carboxylic acids is 1. The van der Waals surface area contributed by atoms with Gasteiger partial charge in [0, 0.05) is 12.3 Å². The van der Waals surface area contributed by atoms with Crippen LogP contribution in [0.1, 0.15) is 13.3 Å². The maximum atomic E-state index is 11.3. The van der Waals surface area contributed by atoms with Gasteiger partial charge in [-0.3, -0.25) is 0 Å². The van der Waals surface area contributed by atoms with Gasteiger partial charge >= 0.3 is 5.97 Å². The molecule has 1 rings (SSSR count).